The topological polar surface area (TPSA) is 12.0 Å². The zero-order valence-electron chi connectivity index (χ0n) is 9.51. The smallest absolute Gasteiger partial charge is 0.126 e. The third kappa shape index (κ3) is 3.09. The van der Waals surface area contributed by atoms with Gasteiger partial charge in [-0.05, 0) is 43.7 Å². The second kappa shape index (κ2) is 5.69. The first-order valence-electron chi connectivity index (χ1n) is 6.02. The summed E-state index contributed by atoms with van der Waals surface area (Å²) in [5, 5.41) is 3.39. The van der Waals surface area contributed by atoms with Gasteiger partial charge in [0.25, 0.3) is 0 Å². The maximum atomic E-state index is 13.3. The van der Waals surface area contributed by atoms with E-state index in [1.54, 1.807) is 6.07 Å². The summed E-state index contributed by atoms with van der Waals surface area (Å²) in [4.78, 5) is 0. The summed E-state index contributed by atoms with van der Waals surface area (Å²) in [6.45, 7) is 0.826. The summed E-state index contributed by atoms with van der Waals surface area (Å²) >= 11 is 0. The van der Waals surface area contributed by atoms with E-state index in [0.717, 1.165) is 24.9 Å². The Morgan fingerprint density at radius 3 is 2.81 bits per heavy atom. The number of halogens is 1. The first kappa shape index (κ1) is 11.2. The molecule has 0 amide bonds. The Balaban J connectivity index is 1.80. The summed E-state index contributed by atoms with van der Waals surface area (Å²) in [7, 11) is 0. The van der Waals surface area contributed by atoms with Crippen LogP contribution in [0.2, 0.25) is 0 Å². The van der Waals surface area contributed by atoms with Gasteiger partial charge >= 0.3 is 0 Å². The highest BCUT2D eigenvalue weighted by Gasteiger charge is 2.03. The molecule has 2 rings (SSSR count). The predicted molar refractivity (Wildman–Crippen MR) is 64.7 cm³/mol. The van der Waals surface area contributed by atoms with Crippen molar-refractivity contribution in [1.82, 2.24) is 5.32 Å². The fourth-order valence-corrected chi connectivity index (χ4v) is 2.06. The molecule has 0 unspecified atom stereocenters. The summed E-state index contributed by atoms with van der Waals surface area (Å²) in [6, 6.07) is 7.00. The number of hydrogen-bond donors (Lipinski definition) is 1. The van der Waals surface area contributed by atoms with Gasteiger partial charge < -0.3 is 5.32 Å². The number of nitrogens with one attached hydrogen (secondary N) is 1. The van der Waals surface area contributed by atoms with Crippen molar-refractivity contribution in [3.05, 3.63) is 47.4 Å². The number of rotatable bonds is 4. The average Bonchev–Trinajstić information content (AvgIpc) is 2.33. The molecule has 2 heteroatoms. The highest BCUT2D eigenvalue weighted by atomic mass is 19.1. The van der Waals surface area contributed by atoms with Crippen molar-refractivity contribution in [2.75, 3.05) is 6.54 Å². The van der Waals surface area contributed by atoms with Gasteiger partial charge in [0.15, 0.2) is 0 Å². The molecule has 16 heavy (non-hydrogen) atoms. The molecule has 1 aliphatic carbocycles. The Kier molecular flexibility index (Phi) is 3.97. The standard InChI is InChI=1S/C14H18FN/c15-14-9-5-4-6-12(14)10-11-16-13-7-2-1-3-8-13/h4-7,9,16H,1-3,8,10-11H2. The van der Waals surface area contributed by atoms with Crippen LogP contribution in [-0.2, 0) is 6.42 Å². The molecule has 86 valence electrons. The minimum absolute atomic E-state index is 0.0954. The van der Waals surface area contributed by atoms with E-state index in [-0.39, 0.29) is 5.82 Å². The van der Waals surface area contributed by atoms with Crippen LogP contribution in [-0.4, -0.2) is 6.54 Å². The van der Waals surface area contributed by atoms with Crippen LogP contribution in [0.3, 0.4) is 0 Å². The van der Waals surface area contributed by atoms with Crippen molar-refractivity contribution in [3.8, 4) is 0 Å². The lowest BCUT2D eigenvalue weighted by molar-refractivity contribution is 0.597. The molecule has 0 saturated carbocycles. The maximum absolute atomic E-state index is 13.3. The Morgan fingerprint density at radius 1 is 1.19 bits per heavy atom. The normalized spacial score (nSPS) is 15.7. The van der Waals surface area contributed by atoms with Crippen LogP contribution in [0.4, 0.5) is 4.39 Å². The largest absolute Gasteiger partial charge is 0.388 e. The van der Waals surface area contributed by atoms with E-state index in [9.17, 15) is 4.39 Å². The van der Waals surface area contributed by atoms with Gasteiger partial charge in [-0.15, -0.1) is 0 Å². The van der Waals surface area contributed by atoms with Crippen LogP contribution in [0.15, 0.2) is 36.0 Å². The summed E-state index contributed by atoms with van der Waals surface area (Å²) < 4.78 is 13.3. The monoisotopic (exact) mass is 219 g/mol. The van der Waals surface area contributed by atoms with Gasteiger partial charge in [0.1, 0.15) is 5.82 Å². The van der Waals surface area contributed by atoms with Crippen molar-refractivity contribution in [2.24, 2.45) is 0 Å². The molecule has 0 bridgehead atoms. The Bertz CT molecular complexity index is 371. The number of hydrogen-bond acceptors (Lipinski definition) is 1. The van der Waals surface area contributed by atoms with Gasteiger partial charge in [0.05, 0.1) is 0 Å². The third-order valence-corrected chi connectivity index (χ3v) is 3.00. The van der Waals surface area contributed by atoms with Gasteiger partial charge in [-0.2, -0.15) is 0 Å². The molecular formula is C14H18FN. The summed E-state index contributed by atoms with van der Waals surface area (Å²) in [5.41, 5.74) is 2.13. The molecule has 1 nitrogen and oxygen atoms in total. The zero-order chi connectivity index (χ0) is 11.2. The quantitative estimate of drug-likeness (QED) is 0.818. The molecule has 0 heterocycles. The zero-order valence-corrected chi connectivity index (χ0v) is 9.51. The lowest BCUT2D eigenvalue weighted by Gasteiger charge is -2.15. The Labute approximate surface area is 96.4 Å². The highest BCUT2D eigenvalue weighted by Crippen LogP contribution is 2.15. The molecule has 0 aliphatic heterocycles. The Hall–Kier alpha value is -1.31. The highest BCUT2D eigenvalue weighted by molar-refractivity contribution is 5.17. The van der Waals surface area contributed by atoms with E-state index in [4.69, 9.17) is 0 Å². The van der Waals surface area contributed by atoms with Crippen molar-refractivity contribution in [2.45, 2.75) is 32.1 Å². The SMILES string of the molecule is Fc1ccccc1CCNC1=CCCCC1. The molecule has 0 aromatic heterocycles. The molecule has 0 saturated heterocycles. The fraction of sp³-hybridized carbons (Fsp3) is 0.429. The van der Waals surface area contributed by atoms with Crippen molar-refractivity contribution in [3.63, 3.8) is 0 Å². The molecule has 0 atom stereocenters. The average molecular weight is 219 g/mol. The molecule has 0 radical (unpaired) electrons. The van der Waals surface area contributed by atoms with Crippen molar-refractivity contribution >= 4 is 0 Å². The van der Waals surface area contributed by atoms with Gasteiger partial charge in [0, 0.05) is 12.2 Å². The van der Waals surface area contributed by atoms with Gasteiger partial charge in [-0.3, -0.25) is 0 Å². The molecule has 1 aromatic carbocycles. The van der Waals surface area contributed by atoms with Crippen LogP contribution in [0, 0.1) is 5.82 Å². The van der Waals surface area contributed by atoms with E-state index >= 15 is 0 Å². The number of benzene rings is 1. The molecule has 0 spiro atoms. The first-order valence-corrected chi connectivity index (χ1v) is 6.02. The van der Waals surface area contributed by atoms with Crippen LogP contribution in [0.1, 0.15) is 31.2 Å². The van der Waals surface area contributed by atoms with Crippen LogP contribution >= 0.6 is 0 Å². The van der Waals surface area contributed by atoms with Crippen LogP contribution in [0.25, 0.3) is 0 Å². The van der Waals surface area contributed by atoms with E-state index in [2.05, 4.69) is 11.4 Å². The molecule has 1 aliphatic rings. The van der Waals surface area contributed by atoms with E-state index in [1.807, 2.05) is 12.1 Å². The molecular weight excluding hydrogens is 201 g/mol. The van der Waals surface area contributed by atoms with E-state index in [0.29, 0.717) is 0 Å². The van der Waals surface area contributed by atoms with Gasteiger partial charge in [-0.1, -0.05) is 24.3 Å². The molecule has 1 aromatic rings. The second-order valence-corrected chi connectivity index (χ2v) is 4.24. The molecule has 1 N–H and O–H groups in total. The number of allylic oxidation sites excluding steroid dienone is 2. The lowest BCUT2D eigenvalue weighted by atomic mass is 10.0. The Morgan fingerprint density at radius 2 is 2.06 bits per heavy atom. The van der Waals surface area contributed by atoms with Crippen molar-refractivity contribution in [1.29, 1.82) is 0 Å². The van der Waals surface area contributed by atoms with E-state index < -0.39 is 0 Å². The molecule has 0 fully saturated rings. The van der Waals surface area contributed by atoms with Crippen LogP contribution in [0.5, 0.6) is 0 Å². The third-order valence-electron chi connectivity index (χ3n) is 3.00. The van der Waals surface area contributed by atoms with Gasteiger partial charge in [0.2, 0.25) is 0 Å². The fourth-order valence-electron chi connectivity index (χ4n) is 2.06. The lowest BCUT2D eigenvalue weighted by Crippen LogP contribution is -2.18. The maximum Gasteiger partial charge on any atom is 0.126 e. The first-order chi connectivity index (χ1) is 7.86. The van der Waals surface area contributed by atoms with E-state index in [1.165, 1.54) is 31.0 Å². The van der Waals surface area contributed by atoms with Crippen LogP contribution < -0.4 is 5.32 Å². The second-order valence-electron chi connectivity index (χ2n) is 4.24. The minimum atomic E-state index is -0.0954. The van der Waals surface area contributed by atoms with Crippen molar-refractivity contribution < 1.29 is 4.39 Å². The summed E-state index contributed by atoms with van der Waals surface area (Å²) in [5.74, 6) is -0.0954. The summed E-state index contributed by atoms with van der Waals surface area (Å²) in [6.07, 6.45) is 7.94. The predicted octanol–water partition coefficient (Wildman–Crippen LogP) is 3.42. The minimum Gasteiger partial charge on any atom is -0.388 e. The van der Waals surface area contributed by atoms with Gasteiger partial charge in [-0.25, -0.2) is 4.39 Å².